The van der Waals surface area contributed by atoms with Crippen LogP contribution in [0.3, 0.4) is 0 Å². The van der Waals surface area contributed by atoms with Crippen molar-refractivity contribution in [1.29, 1.82) is 0 Å². The lowest BCUT2D eigenvalue weighted by Gasteiger charge is -2.13. The molecule has 0 atom stereocenters. The summed E-state index contributed by atoms with van der Waals surface area (Å²) in [5.74, 6) is 0.453. The second-order valence-corrected chi connectivity index (χ2v) is 6.60. The third-order valence-electron chi connectivity index (χ3n) is 4.66. The zero-order chi connectivity index (χ0) is 20.4. The van der Waals surface area contributed by atoms with Crippen molar-refractivity contribution in [2.45, 2.75) is 6.92 Å². The van der Waals surface area contributed by atoms with Crippen molar-refractivity contribution < 1.29 is 4.92 Å². The third-order valence-corrected chi connectivity index (χ3v) is 4.66. The van der Waals surface area contributed by atoms with E-state index >= 15 is 0 Å². The van der Waals surface area contributed by atoms with E-state index in [1.807, 2.05) is 43.3 Å². The molecule has 0 N–H and O–H groups in total. The van der Waals surface area contributed by atoms with Crippen molar-refractivity contribution in [3.05, 3.63) is 110 Å². The normalized spacial score (nSPS) is 11.2. The fourth-order valence-electron chi connectivity index (χ4n) is 3.22. The van der Waals surface area contributed by atoms with Gasteiger partial charge in [-0.15, -0.1) is 0 Å². The molecule has 4 aromatic rings. The van der Waals surface area contributed by atoms with Gasteiger partial charge >= 0.3 is 0 Å². The molecule has 0 saturated heterocycles. The molecule has 0 aliphatic heterocycles. The minimum absolute atomic E-state index is 0.00918. The Morgan fingerprint density at radius 1 is 0.966 bits per heavy atom. The molecule has 0 amide bonds. The molecule has 4 rings (SSSR count). The van der Waals surface area contributed by atoms with Crippen LogP contribution in [0, 0.1) is 17.0 Å². The number of hydrogen-bond donors (Lipinski definition) is 0. The molecule has 142 valence electrons. The first-order chi connectivity index (χ1) is 14.0. The van der Waals surface area contributed by atoms with Crippen LogP contribution in [0.15, 0.2) is 77.6 Å². The van der Waals surface area contributed by atoms with Crippen molar-refractivity contribution in [2.24, 2.45) is 0 Å². The van der Waals surface area contributed by atoms with E-state index in [2.05, 4.69) is 4.98 Å². The predicted molar refractivity (Wildman–Crippen MR) is 114 cm³/mol. The van der Waals surface area contributed by atoms with E-state index in [4.69, 9.17) is 0 Å². The Hall–Kier alpha value is -4.06. The van der Waals surface area contributed by atoms with Gasteiger partial charge in [0.25, 0.3) is 11.2 Å². The molecule has 0 radical (unpaired) electrons. The van der Waals surface area contributed by atoms with Crippen molar-refractivity contribution in [2.75, 3.05) is 0 Å². The number of aromatic nitrogens is 2. The fraction of sp³-hybridized carbons (Fsp3) is 0.0435. The highest BCUT2D eigenvalue weighted by Crippen LogP contribution is 2.19. The van der Waals surface area contributed by atoms with Crippen LogP contribution in [0.4, 0.5) is 5.69 Å². The molecular weight excluding hydrogens is 366 g/mol. The van der Waals surface area contributed by atoms with E-state index in [1.54, 1.807) is 41.0 Å². The summed E-state index contributed by atoms with van der Waals surface area (Å²) in [7, 11) is 0. The standard InChI is InChI=1S/C23H17N3O3/c1-16-7-2-5-12-21(16)25-22(24-20-11-4-3-10-19(20)23(25)27)14-13-17-8-6-9-18(15-17)26(28)29/h2-15H,1H3. The van der Waals surface area contributed by atoms with Crippen LogP contribution in [0.25, 0.3) is 28.7 Å². The van der Waals surface area contributed by atoms with Crippen LogP contribution in [-0.2, 0) is 0 Å². The number of nitrogens with zero attached hydrogens (tertiary/aromatic N) is 3. The van der Waals surface area contributed by atoms with Crippen LogP contribution in [0.5, 0.6) is 0 Å². The van der Waals surface area contributed by atoms with Crippen molar-refractivity contribution in [3.8, 4) is 5.69 Å². The first-order valence-corrected chi connectivity index (χ1v) is 9.05. The van der Waals surface area contributed by atoms with Gasteiger partial charge in [-0.1, -0.05) is 48.5 Å². The Labute approximate surface area is 166 Å². The lowest BCUT2D eigenvalue weighted by molar-refractivity contribution is -0.384. The SMILES string of the molecule is Cc1ccccc1-n1c(C=Cc2cccc([N+](=O)[O-])c2)nc2ccccc2c1=O. The smallest absolute Gasteiger partial charge is 0.268 e. The molecule has 0 unspecified atom stereocenters. The minimum Gasteiger partial charge on any atom is -0.268 e. The number of nitro groups is 1. The molecule has 6 heteroatoms. The average Bonchev–Trinajstić information content (AvgIpc) is 2.73. The average molecular weight is 383 g/mol. The molecule has 1 aromatic heterocycles. The Kier molecular flexibility index (Phi) is 4.75. The number of fused-ring (bicyclic) bond motifs is 1. The zero-order valence-corrected chi connectivity index (χ0v) is 15.6. The van der Waals surface area contributed by atoms with Gasteiger partial charge in [0.15, 0.2) is 0 Å². The van der Waals surface area contributed by atoms with Crippen LogP contribution in [0.2, 0.25) is 0 Å². The molecule has 0 fully saturated rings. The van der Waals surface area contributed by atoms with E-state index < -0.39 is 4.92 Å². The number of rotatable bonds is 4. The van der Waals surface area contributed by atoms with E-state index in [0.717, 1.165) is 11.3 Å². The number of benzene rings is 3. The Morgan fingerprint density at radius 2 is 1.72 bits per heavy atom. The monoisotopic (exact) mass is 383 g/mol. The van der Waals surface area contributed by atoms with Crippen LogP contribution in [0.1, 0.15) is 17.0 Å². The molecule has 0 bridgehead atoms. The lowest BCUT2D eigenvalue weighted by Crippen LogP contribution is -2.23. The number of para-hydroxylation sites is 2. The molecule has 0 aliphatic carbocycles. The number of hydrogen-bond acceptors (Lipinski definition) is 4. The zero-order valence-electron chi connectivity index (χ0n) is 15.6. The fourth-order valence-corrected chi connectivity index (χ4v) is 3.22. The number of aryl methyl sites for hydroxylation is 1. The largest absolute Gasteiger partial charge is 0.270 e. The van der Waals surface area contributed by atoms with Gasteiger partial charge in [0, 0.05) is 12.1 Å². The quantitative estimate of drug-likeness (QED) is 0.375. The van der Waals surface area contributed by atoms with Gasteiger partial charge in [-0.05, 0) is 42.3 Å². The molecule has 0 aliphatic rings. The maximum absolute atomic E-state index is 13.3. The second kappa shape index (κ2) is 7.52. The molecule has 0 saturated carbocycles. The maximum Gasteiger partial charge on any atom is 0.270 e. The first kappa shape index (κ1) is 18.3. The van der Waals surface area contributed by atoms with E-state index in [9.17, 15) is 14.9 Å². The van der Waals surface area contributed by atoms with Crippen molar-refractivity contribution in [1.82, 2.24) is 9.55 Å². The molecule has 6 nitrogen and oxygen atoms in total. The van der Waals surface area contributed by atoms with E-state index in [0.29, 0.717) is 22.3 Å². The summed E-state index contributed by atoms with van der Waals surface area (Å²) in [5.41, 5.74) is 2.78. The number of nitro benzene ring substituents is 1. The van der Waals surface area contributed by atoms with Gasteiger partial charge in [-0.2, -0.15) is 0 Å². The lowest BCUT2D eigenvalue weighted by atomic mass is 10.1. The topological polar surface area (TPSA) is 78.0 Å². The van der Waals surface area contributed by atoms with Crippen LogP contribution in [-0.4, -0.2) is 14.5 Å². The summed E-state index contributed by atoms with van der Waals surface area (Å²) in [6.45, 7) is 1.94. The van der Waals surface area contributed by atoms with Gasteiger partial charge < -0.3 is 0 Å². The molecule has 29 heavy (non-hydrogen) atoms. The third kappa shape index (κ3) is 3.55. The summed E-state index contributed by atoms with van der Waals surface area (Å²) in [5, 5.41) is 11.5. The Balaban J connectivity index is 1.93. The van der Waals surface area contributed by atoms with Gasteiger partial charge in [-0.3, -0.25) is 19.5 Å². The highest BCUT2D eigenvalue weighted by molar-refractivity contribution is 5.80. The highest BCUT2D eigenvalue weighted by atomic mass is 16.6. The summed E-state index contributed by atoms with van der Waals surface area (Å²) < 4.78 is 1.57. The number of non-ortho nitro benzene ring substituents is 1. The molecule has 1 heterocycles. The molecular formula is C23H17N3O3. The van der Waals surface area contributed by atoms with E-state index in [1.165, 1.54) is 12.1 Å². The predicted octanol–water partition coefficient (Wildman–Crippen LogP) is 4.77. The highest BCUT2D eigenvalue weighted by Gasteiger charge is 2.12. The van der Waals surface area contributed by atoms with Crippen LogP contribution < -0.4 is 5.56 Å². The molecule has 0 spiro atoms. The van der Waals surface area contributed by atoms with Gasteiger partial charge in [0.05, 0.1) is 21.5 Å². The van der Waals surface area contributed by atoms with E-state index in [-0.39, 0.29) is 11.2 Å². The van der Waals surface area contributed by atoms with Gasteiger partial charge in [-0.25, -0.2) is 4.98 Å². The van der Waals surface area contributed by atoms with Crippen molar-refractivity contribution in [3.63, 3.8) is 0 Å². The van der Waals surface area contributed by atoms with Gasteiger partial charge in [0.1, 0.15) is 5.82 Å². The summed E-state index contributed by atoms with van der Waals surface area (Å²) in [6.07, 6.45) is 3.43. The molecule has 3 aromatic carbocycles. The van der Waals surface area contributed by atoms with Crippen molar-refractivity contribution >= 4 is 28.7 Å². The Bertz CT molecular complexity index is 1320. The summed E-state index contributed by atoms with van der Waals surface area (Å²) in [4.78, 5) is 28.5. The summed E-state index contributed by atoms with van der Waals surface area (Å²) in [6, 6.07) is 21.1. The Morgan fingerprint density at radius 3 is 2.52 bits per heavy atom. The first-order valence-electron chi connectivity index (χ1n) is 9.05. The second-order valence-electron chi connectivity index (χ2n) is 6.60. The van der Waals surface area contributed by atoms with Gasteiger partial charge in [0.2, 0.25) is 0 Å². The van der Waals surface area contributed by atoms with Crippen LogP contribution >= 0.6 is 0 Å². The minimum atomic E-state index is -0.436. The maximum atomic E-state index is 13.3. The summed E-state index contributed by atoms with van der Waals surface area (Å²) >= 11 is 0.